The van der Waals surface area contributed by atoms with Crippen LogP contribution in [0.3, 0.4) is 0 Å². The minimum atomic E-state index is -0.910. The van der Waals surface area contributed by atoms with Gasteiger partial charge in [-0.05, 0) is 6.92 Å². The highest BCUT2D eigenvalue weighted by Gasteiger charge is 2.25. The third-order valence-corrected chi connectivity index (χ3v) is 1.94. The van der Waals surface area contributed by atoms with Crippen LogP contribution in [0, 0.1) is 6.92 Å². The van der Waals surface area contributed by atoms with E-state index in [1.807, 2.05) is 0 Å². The highest BCUT2D eigenvalue weighted by atomic mass is 16.5. The molecule has 7 heteroatoms. The Morgan fingerprint density at radius 3 is 2.12 bits per heavy atom. The molecule has 0 aliphatic rings. The van der Waals surface area contributed by atoms with Crippen LogP contribution >= 0.6 is 0 Å². The van der Waals surface area contributed by atoms with Crippen molar-refractivity contribution in [2.24, 2.45) is 0 Å². The van der Waals surface area contributed by atoms with Crippen LogP contribution in [0.4, 0.5) is 0 Å². The number of methoxy groups -OCH3 is 2. The van der Waals surface area contributed by atoms with Gasteiger partial charge < -0.3 is 9.47 Å². The summed E-state index contributed by atoms with van der Waals surface area (Å²) in [6, 6.07) is 0. The van der Waals surface area contributed by atoms with Crippen molar-refractivity contribution in [3.63, 3.8) is 0 Å². The van der Waals surface area contributed by atoms with Crippen LogP contribution < -0.4 is 5.56 Å². The van der Waals surface area contributed by atoms with Gasteiger partial charge in [0.2, 0.25) is 0 Å². The molecule has 86 valence electrons. The number of ether oxygens (including phenoxy) is 2. The molecule has 0 radical (unpaired) electrons. The number of aryl methyl sites for hydroxylation is 1. The Labute approximate surface area is 90.4 Å². The van der Waals surface area contributed by atoms with Gasteiger partial charge in [-0.1, -0.05) is 0 Å². The number of aromatic amines is 1. The van der Waals surface area contributed by atoms with Gasteiger partial charge in [0.05, 0.1) is 19.9 Å². The Hall–Kier alpha value is -2.18. The summed E-state index contributed by atoms with van der Waals surface area (Å²) in [5, 5.41) is 5.67. The molecule has 7 nitrogen and oxygen atoms in total. The molecule has 0 saturated carbocycles. The number of rotatable bonds is 2. The maximum absolute atomic E-state index is 11.4. The van der Waals surface area contributed by atoms with Crippen molar-refractivity contribution in [1.29, 1.82) is 0 Å². The van der Waals surface area contributed by atoms with Crippen LogP contribution in [0.5, 0.6) is 0 Å². The average molecular weight is 226 g/mol. The summed E-state index contributed by atoms with van der Waals surface area (Å²) in [5.41, 5.74) is -1.19. The molecular weight excluding hydrogens is 216 g/mol. The monoisotopic (exact) mass is 226 g/mol. The molecule has 0 fully saturated rings. The summed E-state index contributed by atoms with van der Waals surface area (Å²) >= 11 is 0. The smallest absolute Gasteiger partial charge is 0.344 e. The molecule has 1 aromatic heterocycles. The van der Waals surface area contributed by atoms with Gasteiger partial charge in [0.1, 0.15) is 11.1 Å². The number of hydrogen-bond acceptors (Lipinski definition) is 6. The first kappa shape index (κ1) is 11.9. The van der Waals surface area contributed by atoms with Gasteiger partial charge in [-0.25, -0.2) is 14.7 Å². The van der Waals surface area contributed by atoms with E-state index in [2.05, 4.69) is 19.7 Å². The summed E-state index contributed by atoms with van der Waals surface area (Å²) < 4.78 is 8.88. The van der Waals surface area contributed by atoms with Crippen LogP contribution in [-0.4, -0.2) is 36.4 Å². The number of esters is 2. The van der Waals surface area contributed by atoms with Crippen molar-refractivity contribution in [3.05, 3.63) is 27.2 Å². The second kappa shape index (κ2) is 4.56. The summed E-state index contributed by atoms with van der Waals surface area (Å²) in [4.78, 5) is 34.1. The number of H-pyrrole nitrogens is 1. The third kappa shape index (κ3) is 1.92. The average Bonchev–Trinajstić information content (AvgIpc) is 2.29. The normalized spacial score (nSPS) is 9.69. The fourth-order valence-electron chi connectivity index (χ4n) is 1.19. The zero-order valence-corrected chi connectivity index (χ0v) is 8.99. The van der Waals surface area contributed by atoms with E-state index in [0.717, 1.165) is 14.2 Å². The Kier molecular flexibility index (Phi) is 3.39. The van der Waals surface area contributed by atoms with E-state index in [1.54, 1.807) is 0 Å². The lowest BCUT2D eigenvalue weighted by Crippen LogP contribution is -2.26. The van der Waals surface area contributed by atoms with Crippen LogP contribution in [0.1, 0.15) is 26.4 Å². The molecule has 0 aromatic carbocycles. The molecule has 0 unspecified atom stereocenters. The van der Waals surface area contributed by atoms with E-state index in [4.69, 9.17) is 0 Å². The lowest BCUT2D eigenvalue weighted by Gasteiger charge is -2.06. The number of nitrogens with zero attached hydrogens (tertiary/aromatic N) is 1. The van der Waals surface area contributed by atoms with Gasteiger partial charge in [0.25, 0.3) is 5.56 Å². The van der Waals surface area contributed by atoms with Crippen molar-refractivity contribution in [1.82, 2.24) is 10.2 Å². The molecule has 1 aromatic rings. The summed E-state index contributed by atoms with van der Waals surface area (Å²) in [5.74, 6) is -1.72. The Balaban J connectivity index is 3.55. The number of hydrogen-bond donors (Lipinski definition) is 1. The second-order valence-electron chi connectivity index (χ2n) is 2.87. The van der Waals surface area contributed by atoms with Crippen LogP contribution in [0.15, 0.2) is 4.79 Å². The van der Waals surface area contributed by atoms with Crippen molar-refractivity contribution >= 4 is 11.9 Å². The Bertz CT molecular complexity index is 491. The fraction of sp³-hybridized carbons (Fsp3) is 0.333. The van der Waals surface area contributed by atoms with Crippen molar-refractivity contribution in [2.75, 3.05) is 14.2 Å². The van der Waals surface area contributed by atoms with Crippen molar-refractivity contribution in [2.45, 2.75) is 6.92 Å². The van der Waals surface area contributed by atoms with Gasteiger partial charge in [0, 0.05) is 0 Å². The quantitative estimate of drug-likeness (QED) is 0.692. The SMILES string of the molecule is COC(=O)c1c(C)n[nH]c(=O)c1C(=O)OC. The standard InChI is InChI=1S/C9H10N2O5/c1-4-5(8(13)15-2)6(9(14)16-3)7(12)11-10-4/h1-3H3,(H,11,12). The summed E-state index contributed by atoms with van der Waals surface area (Å²) in [7, 11) is 2.25. The van der Waals surface area contributed by atoms with Gasteiger partial charge >= 0.3 is 11.9 Å². The Morgan fingerprint density at radius 2 is 1.62 bits per heavy atom. The van der Waals surface area contributed by atoms with Crippen molar-refractivity contribution < 1.29 is 19.1 Å². The molecule has 1 N–H and O–H groups in total. The lowest BCUT2D eigenvalue weighted by molar-refractivity contribution is 0.0551. The minimum absolute atomic E-state index is 0.182. The number of aromatic nitrogens is 2. The molecule has 0 atom stereocenters. The molecule has 16 heavy (non-hydrogen) atoms. The molecule has 1 heterocycles. The Morgan fingerprint density at radius 1 is 1.12 bits per heavy atom. The molecular formula is C9H10N2O5. The van der Waals surface area contributed by atoms with Crippen LogP contribution in [0.25, 0.3) is 0 Å². The fourth-order valence-corrected chi connectivity index (χ4v) is 1.19. The molecule has 0 bridgehead atoms. The van der Waals surface area contributed by atoms with Gasteiger partial charge in [-0.15, -0.1) is 0 Å². The summed E-state index contributed by atoms with van der Waals surface area (Å²) in [6.07, 6.45) is 0. The molecule has 0 spiro atoms. The number of carbonyl (C=O) groups excluding carboxylic acids is 2. The maximum atomic E-state index is 11.4. The first-order chi connectivity index (χ1) is 7.52. The number of carbonyl (C=O) groups is 2. The van der Waals surface area contributed by atoms with Gasteiger partial charge in [-0.2, -0.15) is 5.10 Å². The summed E-state index contributed by atoms with van der Waals surface area (Å²) in [6.45, 7) is 1.47. The predicted octanol–water partition coefficient (Wildman–Crippen LogP) is -0.348. The zero-order chi connectivity index (χ0) is 12.3. The largest absolute Gasteiger partial charge is 0.465 e. The van der Waals surface area contributed by atoms with Gasteiger partial charge in [-0.3, -0.25) is 4.79 Å². The van der Waals surface area contributed by atoms with E-state index in [0.29, 0.717) is 0 Å². The molecule has 1 rings (SSSR count). The van der Waals surface area contributed by atoms with Crippen LogP contribution in [-0.2, 0) is 9.47 Å². The van der Waals surface area contributed by atoms with Crippen molar-refractivity contribution in [3.8, 4) is 0 Å². The first-order valence-corrected chi connectivity index (χ1v) is 4.28. The van der Waals surface area contributed by atoms with E-state index in [1.165, 1.54) is 6.92 Å². The predicted molar refractivity (Wildman–Crippen MR) is 52.3 cm³/mol. The second-order valence-corrected chi connectivity index (χ2v) is 2.87. The molecule has 0 saturated heterocycles. The molecule has 0 amide bonds. The van der Waals surface area contributed by atoms with E-state index in [9.17, 15) is 14.4 Å². The maximum Gasteiger partial charge on any atom is 0.344 e. The molecule has 0 aliphatic carbocycles. The number of nitrogens with one attached hydrogen (secondary N) is 1. The van der Waals surface area contributed by atoms with Gasteiger partial charge in [0.15, 0.2) is 0 Å². The first-order valence-electron chi connectivity index (χ1n) is 4.28. The minimum Gasteiger partial charge on any atom is -0.465 e. The van der Waals surface area contributed by atoms with E-state index in [-0.39, 0.29) is 11.3 Å². The van der Waals surface area contributed by atoms with E-state index < -0.39 is 23.1 Å². The molecule has 0 aliphatic heterocycles. The zero-order valence-electron chi connectivity index (χ0n) is 8.99. The third-order valence-electron chi connectivity index (χ3n) is 1.94. The van der Waals surface area contributed by atoms with E-state index >= 15 is 0 Å². The lowest BCUT2D eigenvalue weighted by atomic mass is 10.1. The highest BCUT2D eigenvalue weighted by Crippen LogP contribution is 2.09. The topological polar surface area (TPSA) is 98.4 Å². The highest BCUT2D eigenvalue weighted by molar-refractivity contribution is 6.03. The van der Waals surface area contributed by atoms with Crippen LogP contribution in [0.2, 0.25) is 0 Å².